The molecule has 0 aliphatic carbocycles. The number of allylic oxidation sites excluding steroid dienone is 1. The first-order chi connectivity index (χ1) is 5.62. The molecule has 0 bridgehead atoms. The van der Waals surface area contributed by atoms with Gasteiger partial charge in [0.25, 0.3) is 0 Å². The molecule has 0 aromatic heterocycles. The van der Waals surface area contributed by atoms with E-state index in [4.69, 9.17) is 0 Å². The lowest BCUT2D eigenvalue weighted by Gasteiger charge is -2.25. The summed E-state index contributed by atoms with van der Waals surface area (Å²) in [6, 6.07) is 0. The fourth-order valence-corrected chi connectivity index (χ4v) is 4.20. The second kappa shape index (κ2) is 3.93. The quantitative estimate of drug-likeness (QED) is 0.637. The Labute approximate surface area is 83.9 Å². The van der Waals surface area contributed by atoms with E-state index in [1.165, 1.54) is 10.7 Å². The summed E-state index contributed by atoms with van der Waals surface area (Å²) in [7, 11) is 0. The number of rotatable bonds is 3. The normalized spacial score (nSPS) is 35.5. The van der Waals surface area contributed by atoms with Crippen molar-refractivity contribution in [3.8, 4) is 0 Å². The zero-order valence-electron chi connectivity index (χ0n) is 7.80. The SMILES string of the molecule is C=CC1(C)SC(=C)CC1SCC. The Balaban J connectivity index is 2.71. The van der Waals surface area contributed by atoms with E-state index < -0.39 is 0 Å². The van der Waals surface area contributed by atoms with Crippen LogP contribution in [0.4, 0.5) is 0 Å². The van der Waals surface area contributed by atoms with E-state index in [1.54, 1.807) is 0 Å². The highest BCUT2D eigenvalue weighted by Crippen LogP contribution is 2.50. The summed E-state index contributed by atoms with van der Waals surface area (Å²) in [5.74, 6) is 1.18. The summed E-state index contributed by atoms with van der Waals surface area (Å²) in [6.45, 7) is 12.4. The predicted octanol–water partition coefficient (Wildman–Crippen LogP) is 3.70. The van der Waals surface area contributed by atoms with Crippen molar-refractivity contribution in [2.24, 2.45) is 0 Å². The molecule has 2 unspecified atom stereocenters. The third kappa shape index (κ3) is 1.91. The number of hydrogen-bond acceptors (Lipinski definition) is 2. The summed E-state index contributed by atoms with van der Waals surface area (Å²) in [6.07, 6.45) is 3.22. The van der Waals surface area contributed by atoms with Crippen LogP contribution in [0.3, 0.4) is 0 Å². The molecule has 68 valence electrons. The van der Waals surface area contributed by atoms with Gasteiger partial charge in [-0.2, -0.15) is 11.8 Å². The van der Waals surface area contributed by atoms with Crippen LogP contribution in [-0.2, 0) is 0 Å². The van der Waals surface area contributed by atoms with Crippen molar-refractivity contribution in [1.82, 2.24) is 0 Å². The lowest BCUT2D eigenvalue weighted by Crippen LogP contribution is -2.25. The largest absolute Gasteiger partial charge is 0.157 e. The monoisotopic (exact) mass is 200 g/mol. The van der Waals surface area contributed by atoms with Crippen LogP contribution in [0, 0.1) is 0 Å². The minimum absolute atomic E-state index is 0.220. The third-order valence-corrected chi connectivity index (χ3v) is 5.08. The maximum Gasteiger partial charge on any atom is 0.0473 e. The highest BCUT2D eigenvalue weighted by atomic mass is 32.2. The summed E-state index contributed by atoms with van der Waals surface area (Å²) < 4.78 is 0.220. The van der Waals surface area contributed by atoms with Gasteiger partial charge in [0.15, 0.2) is 0 Å². The van der Waals surface area contributed by atoms with Crippen LogP contribution in [0.2, 0.25) is 0 Å². The van der Waals surface area contributed by atoms with Crippen molar-refractivity contribution in [2.45, 2.75) is 30.3 Å². The predicted molar refractivity (Wildman–Crippen MR) is 61.9 cm³/mol. The second-order valence-electron chi connectivity index (χ2n) is 3.18. The molecule has 0 saturated carbocycles. The van der Waals surface area contributed by atoms with Gasteiger partial charge in [-0.1, -0.05) is 19.6 Å². The fourth-order valence-electron chi connectivity index (χ4n) is 1.43. The van der Waals surface area contributed by atoms with E-state index in [0.29, 0.717) is 5.25 Å². The average Bonchev–Trinajstić information content (AvgIpc) is 2.29. The smallest absolute Gasteiger partial charge is 0.0473 e. The average molecular weight is 200 g/mol. The minimum atomic E-state index is 0.220. The van der Waals surface area contributed by atoms with Crippen LogP contribution in [0.5, 0.6) is 0 Å². The summed E-state index contributed by atoms with van der Waals surface area (Å²) in [5.41, 5.74) is 0. The van der Waals surface area contributed by atoms with Gasteiger partial charge in [-0.05, 0) is 24.0 Å². The molecular formula is C10H16S2. The molecule has 0 radical (unpaired) electrons. The van der Waals surface area contributed by atoms with Crippen molar-refractivity contribution >= 4 is 23.5 Å². The van der Waals surface area contributed by atoms with Crippen LogP contribution >= 0.6 is 23.5 Å². The molecule has 1 fully saturated rings. The first kappa shape index (κ1) is 10.3. The van der Waals surface area contributed by atoms with Gasteiger partial charge in [0.1, 0.15) is 0 Å². The Bertz CT molecular complexity index is 198. The van der Waals surface area contributed by atoms with Gasteiger partial charge in [-0.3, -0.25) is 0 Å². The molecule has 1 aliphatic rings. The molecule has 0 aromatic rings. The highest BCUT2D eigenvalue weighted by Gasteiger charge is 2.38. The van der Waals surface area contributed by atoms with Gasteiger partial charge in [0, 0.05) is 10.00 Å². The Morgan fingerprint density at radius 3 is 3.00 bits per heavy atom. The standard InChI is InChI=1S/C10H16S2/c1-5-10(4)9(11-6-2)7-8(3)12-10/h5,9H,1,3,6-7H2,2,4H3. The molecule has 1 rings (SSSR count). The van der Waals surface area contributed by atoms with Crippen LogP contribution in [0.1, 0.15) is 20.3 Å². The number of hydrogen-bond donors (Lipinski definition) is 0. The Kier molecular flexibility index (Phi) is 3.36. The van der Waals surface area contributed by atoms with Gasteiger partial charge in [0.05, 0.1) is 0 Å². The molecule has 1 saturated heterocycles. The Morgan fingerprint density at radius 1 is 1.83 bits per heavy atom. The molecule has 2 heteroatoms. The van der Waals surface area contributed by atoms with Crippen LogP contribution < -0.4 is 0 Å². The highest BCUT2D eigenvalue weighted by molar-refractivity contribution is 8.07. The van der Waals surface area contributed by atoms with Gasteiger partial charge < -0.3 is 0 Å². The van der Waals surface area contributed by atoms with E-state index >= 15 is 0 Å². The van der Waals surface area contributed by atoms with E-state index in [0.717, 1.165) is 6.42 Å². The molecule has 1 heterocycles. The van der Waals surface area contributed by atoms with Crippen molar-refractivity contribution in [3.63, 3.8) is 0 Å². The Hall–Kier alpha value is 0.180. The van der Waals surface area contributed by atoms with Gasteiger partial charge in [0.2, 0.25) is 0 Å². The molecule has 1 aliphatic heterocycles. The molecule has 0 nitrogen and oxygen atoms in total. The minimum Gasteiger partial charge on any atom is -0.157 e. The number of thioether (sulfide) groups is 2. The molecule has 0 amide bonds. The summed E-state index contributed by atoms with van der Waals surface area (Å²) in [5, 5.41) is 0.678. The second-order valence-corrected chi connectivity index (χ2v) is 6.32. The van der Waals surface area contributed by atoms with E-state index in [1.807, 2.05) is 23.5 Å². The molecular weight excluding hydrogens is 184 g/mol. The van der Waals surface area contributed by atoms with Crippen molar-refractivity contribution < 1.29 is 0 Å². The third-order valence-electron chi connectivity index (χ3n) is 2.19. The maximum atomic E-state index is 4.03. The zero-order chi connectivity index (χ0) is 9.19. The first-order valence-corrected chi connectivity index (χ1v) is 6.11. The van der Waals surface area contributed by atoms with Crippen molar-refractivity contribution in [2.75, 3.05) is 5.75 Å². The van der Waals surface area contributed by atoms with Gasteiger partial charge in [-0.15, -0.1) is 18.3 Å². The van der Waals surface area contributed by atoms with Crippen LogP contribution in [0.25, 0.3) is 0 Å². The van der Waals surface area contributed by atoms with Crippen LogP contribution in [0.15, 0.2) is 24.1 Å². The maximum absolute atomic E-state index is 4.03. The first-order valence-electron chi connectivity index (χ1n) is 4.24. The molecule has 0 spiro atoms. The molecule has 12 heavy (non-hydrogen) atoms. The summed E-state index contributed by atoms with van der Waals surface area (Å²) in [4.78, 5) is 1.31. The van der Waals surface area contributed by atoms with Gasteiger partial charge in [-0.25, -0.2) is 0 Å². The van der Waals surface area contributed by atoms with Crippen molar-refractivity contribution in [3.05, 3.63) is 24.1 Å². The van der Waals surface area contributed by atoms with Gasteiger partial charge >= 0.3 is 0 Å². The lowest BCUT2D eigenvalue weighted by molar-refractivity contribution is 0.757. The summed E-state index contributed by atoms with van der Waals surface area (Å²) >= 11 is 3.90. The van der Waals surface area contributed by atoms with Crippen LogP contribution in [-0.4, -0.2) is 15.7 Å². The molecule has 0 aromatic carbocycles. The Morgan fingerprint density at radius 2 is 2.50 bits per heavy atom. The van der Waals surface area contributed by atoms with Crippen molar-refractivity contribution in [1.29, 1.82) is 0 Å². The molecule has 0 N–H and O–H groups in total. The zero-order valence-corrected chi connectivity index (χ0v) is 9.43. The molecule has 2 atom stereocenters. The fraction of sp³-hybridized carbons (Fsp3) is 0.600. The topological polar surface area (TPSA) is 0 Å². The van der Waals surface area contributed by atoms with E-state index in [2.05, 4.69) is 33.1 Å². The van der Waals surface area contributed by atoms with E-state index in [9.17, 15) is 0 Å². The lowest BCUT2D eigenvalue weighted by atomic mass is 10.1. The van der Waals surface area contributed by atoms with E-state index in [-0.39, 0.29) is 4.75 Å².